The molecule has 0 saturated carbocycles. The SMILES string of the molecule is CC(=O)N1CC(C)(C)c2ccc(I)cc21.CC(=O)N1CC(C)(C)c2ccc(N)cc21. The third kappa shape index (κ3) is 4.19. The topological polar surface area (TPSA) is 66.6 Å². The van der Waals surface area contributed by atoms with Crippen molar-refractivity contribution in [3.05, 3.63) is 51.1 Å². The monoisotopic (exact) mass is 519 g/mol. The van der Waals surface area contributed by atoms with Crippen LogP contribution in [0.5, 0.6) is 0 Å². The highest BCUT2D eigenvalue weighted by atomic mass is 127. The number of carbonyl (C=O) groups is 2. The summed E-state index contributed by atoms with van der Waals surface area (Å²) in [4.78, 5) is 26.7. The molecule has 2 aromatic carbocycles. The average Bonchev–Trinajstić information content (AvgIpc) is 3.05. The van der Waals surface area contributed by atoms with E-state index in [4.69, 9.17) is 5.73 Å². The molecule has 6 heteroatoms. The zero-order chi connectivity index (χ0) is 22.4. The smallest absolute Gasteiger partial charge is 0.223 e. The van der Waals surface area contributed by atoms with Gasteiger partial charge in [0, 0.05) is 58.4 Å². The van der Waals surface area contributed by atoms with Crippen molar-refractivity contribution in [3.8, 4) is 0 Å². The molecule has 2 aliphatic heterocycles. The molecule has 160 valence electrons. The largest absolute Gasteiger partial charge is 0.399 e. The van der Waals surface area contributed by atoms with Crippen molar-refractivity contribution in [2.75, 3.05) is 28.6 Å². The molecule has 5 nitrogen and oxygen atoms in total. The third-order valence-corrected chi connectivity index (χ3v) is 6.56. The Morgan fingerprint density at radius 3 is 1.73 bits per heavy atom. The number of halogens is 1. The molecule has 0 spiro atoms. The summed E-state index contributed by atoms with van der Waals surface area (Å²) >= 11 is 2.28. The van der Waals surface area contributed by atoms with Gasteiger partial charge in [0.05, 0.1) is 0 Å². The highest BCUT2D eigenvalue weighted by Gasteiger charge is 2.37. The van der Waals surface area contributed by atoms with Gasteiger partial charge < -0.3 is 15.5 Å². The molecule has 0 fully saturated rings. The number of rotatable bonds is 0. The standard InChI is InChI=1S/C12H14INO.C12H16N2O/c2*1-8(15)14-7-12(2,3)10-5-4-9(13)6-11(10)14/h4-6H,7H2,1-3H3;4-6H,7,13H2,1-3H3. The minimum Gasteiger partial charge on any atom is -0.399 e. The number of nitrogens with two attached hydrogens (primary N) is 1. The molecule has 0 radical (unpaired) electrons. The van der Waals surface area contributed by atoms with Gasteiger partial charge in [-0.3, -0.25) is 9.59 Å². The molecular formula is C24H30IN3O2. The summed E-state index contributed by atoms with van der Waals surface area (Å²) in [5, 5.41) is 0. The predicted octanol–water partition coefficient (Wildman–Crippen LogP) is 4.85. The van der Waals surface area contributed by atoms with E-state index in [2.05, 4.69) is 68.5 Å². The van der Waals surface area contributed by atoms with Gasteiger partial charge in [-0.2, -0.15) is 0 Å². The van der Waals surface area contributed by atoms with Crippen molar-refractivity contribution in [3.63, 3.8) is 0 Å². The van der Waals surface area contributed by atoms with Crippen molar-refractivity contribution in [1.82, 2.24) is 0 Å². The molecule has 2 N–H and O–H groups in total. The zero-order valence-corrected chi connectivity index (χ0v) is 20.7. The van der Waals surface area contributed by atoms with E-state index in [1.165, 1.54) is 14.7 Å². The van der Waals surface area contributed by atoms with Crippen LogP contribution in [0.25, 0.3) is 0 Å². The second-order valence-corrected chi connectivity index (χ2v) is 10.7. The number of amides is 2. The molecular weight excluding hydrogens is 489 g/mol. The van der Waals surface area contributed by atoms with E-state index in [0.29, 0.717) is 5.69 Å². The quantitative estimate of drug-likeness (QED) is 0.400. The lowest BCUT2D eigenvalue weighted by molar-refractivity contribution is -0.117. The number of nitrogens with zero attached hydrogens (tertiary/aromatic N) is 2. The summed E-state index contributed by atoms with van der Waals surface area (Å²) in [5.74, 6) is 0.205. The van der Waals surface area contributed by atoms with Gasteiger partial charge in [0.25, 0.3) is 0 Å². The summed E-state index contributed by atoms with van der Waals surface area (Å²) in [5.41, 5.74) is 11.1. The zero-order valence-electron chi connectivity index (χ0n) is 18.5. The third-order valence-electron chi connectivity index (χ3n) is 5.89. The van der Waals surface area contributed by atoms with E-state index in [1.54, 1.807) is 18.7 Å². The van der Waals surface area contributed by atoms with Crippen LogP contribution in [0, 0.1) is 3.57 Å². The van der Waals surface area contributed by atoms with E-state index in [9.17, 15) is 9.59 Å². The van der Waals surface area contributed by atoms with Crippen LogP contribution in [0.15, 0.2) is 36.4 Å². The Labute approximate surface area is 192 Å². The highest BCUT2D eigenvalue weighted by molar-refractivity contribution is 14.1. The van der Waals surface area contributed by atoms with Gasteiger partial charge in [-0.25, -0.2) is 0 Å². The molecule has 0 saturated heterocycles. The van der Waals surface area contributed by atoms with Gasteiger partial charge in [-0.1, -0.05) is 39.8 Å². The second kappa shape index (κ2) is 7.87. The molecule has 0 atom stereocenters. The van der Waals surface area contributed by atoms with Crippen LogP contribution in [-0.4, -0.2) is 24.9 Å². The first-order chi connectivity index (χ1) is 13.8. The maximum atomic E-state index is 11.5. The number of nitrogen functional groups attached to an aromatic ring is 1. The summed E-state index contributed by atoms with van der Waals surface area (Å²) in [6.07, 6.45) is 0. The molecule has 0 aliphatic carbocycles. The lowest BCUT2D eigenvalue weighted by Gasteiger charge is -2.19. The van der Waals surface area contributed by atoms with Crippen molar-refractivity contribution in [2.24, 2.45) is 0 Å². The maximum Gasteiger partial charge on any atom is 0.223 e. The fraction of sp³-hybridized carbons (Fsp3) is 0.417. The molecule has 2 amide bonds. The second-order valence-electron chi connectivity index (χ2n) is 9.42. The Balaban J connectivity index is 0.000000171. The van der Waals surface area contributed by atoms with Gasteiger partial charge in [0.15, 0.2) is 0 Å². The first-order valence-electron chi connectivity index (χ1n) is 10.1. The summed E-state index contributed by atoms with van der Waals surface area (Å²) in [6, 6.07) is 12.1. The summed E-state index contributed by atoms with van der Waals surface area (Å²) in [7, 11) is 0. The van der Waals surface area contributed by atoms with Crippen LogP contribution in [0.3, 0.4) is 0 Å². The van der Waals surface area contributed by atoms with Crippen LogP contribution in [-0.2, 0) is 20.4 Å². The normalized spacial score (nSPS) is 17.7. The Morgan fingerprint density at radius 2 is 1.27 bits per heavy atom. The van der Waals surface area contributed by atoms with Crippen molar-refractivity contribution in [2.45, 2.75) is 52.4 Å². The summed E-state index contributed by atoms with van der Waals surface area (Å²) in [6.45, 7) is 13.4. The predicted molar refractivity (Wildman–Crippen MR) is 132 cm³/mol. The fourth-order valence-corrected chi connectivity index (χ4v) is 4.81. The van der Waals surface area contributed by atoms with Crippen molar-refractivity contribution in [1.29, 1.82) is 0 Å². The molecule has 4 rings (SSSR count). The molecule has 30 heavy (non-hydrogen) atoms. The Bertz CT molecular complexity index is 932. The Morgan fingerprint density at radius 1 is 0.833 bits per heavy atom. The molecule has 2 aliphatic rings. The minimum absolute atomic E-state index is 0.0225. The van der Waals surface area contributed by atoms with Gasteiger partial charge >= 0.3 is 0 Å². The van der Waals surface area contributed by atoms with Gasteiger partial charge in [-0.05, 0) is 58.0 Å². The first kappa shape index (κ1) is 22.6. The van der Waals surface area contributed by atoms with E-state index in [-0.39, 0.29) is 22.6 Å². The van der Waals surface area contributed by atoms with E-state index in [1.807, 2.05) is 23.1 Å². The molecule has 2 aromatic rings. The Kier molecular flexibility index (Phi) is 5.93. The number of fused-ring (bicyclic) bond motifs is 2. The van der Waals surface area contributed by atoms with E-state index < -0.39 is 0 Å². The van der Waals surface area contributed by atoms with Crippen LogP contribution >= 0.6 is 22.6 Å². The summed E-state index contributed by atoms with van der Waals surface area (Å²) < 4.78 is 1.18. The first-order valence-corrected chi connectivity index (χ1v) is 11.2. The lowest BCUT2D eigenvalue weighted by atomic mass is 9.87. The van der Waals surface area contributed by atoms with E-state index >= 15 is 0 Å². The molecule has 0 aromatic heterocycles. The van der Waals surface area contributed by atoms with Gasteiger partial charge in [0.2, 0.25) is 11.8 Å². The number of carbonyl (C=O) groups excluding carboxylic acids is 2. The highest BCUT2D eigenvalue weighted by Crippen LogP contribution is 2.42. The van der Waals surface area contributed by atoms with Crippen LogP contribution in [0.1, 0.15) is 52.7 Å². The lowest BCUT2D eigenvalue weighted by Crippen LogP contribution is -2.31. The van der Waals surface area contributed by atoms with Crippen LogP contribution < -0.4 is 15.5 Å². The van der Waals surface area contributed by atoms with Gasteiger partial charge in [0.1, 0.15) is 0 Å². The number of benzene rings is 2. The van der Waals surface area contributed by atoms with E-state index in [0.717, 1.165) is 24.5 Å². The molecule has 2 heterocycles. The van der Waals surface area contributed by atoms with Crippen LogP contribution in [0.2, 0.25) is 0 Å². The molecule has 0 bridgehead atoms. The maximum absolute atomic E-state index is 11.5. The average molecular weight is 519 g/mol. The number of hydrogen-bond acceptors (Lipinski definition) is 3. The fourth-order valence-electron chi connectivity index (χ4n) is 4.34. The van der Waals surface area contributed by atoms with Crippen LogP contribution in [0.4, 0.5) is 17.1 Å². The Hall–Kier alpha value is -2.09. The van der Waals surface area contributed by atoms with Gasteiger partial charge in [-0.15, -0.1) is 0 Å². The number of hydrogen-bond donors (Lipinski definition) is 1. The molecule has 0 unspecified atom stereocenters. The number of anilines is 3. The minimum atomic E-state index is 0.0225. The van der Waals surface area contributed by atoms with Crippen molar-refractivity contribution < 1.29 is 9.59 Å². The van der Waals surface area contributed by atoms with Crippen molar-refractivity contribution >= 4 is 51.5 Å².